The quantitative estimate of drug-likeness (QED) is 0.218. The van der Waals surface area contributed by atoms with Crippen LogP contribution in [0.25, 0.3) is 64.8 Å². The van der Waals surface area contributed by atoms with E-state index in [1.807, 2.05) is 47.7 Å². The Morgan fingerprint density at radius 3 is 1.88 bits per heavy atom. The van der Waals surface area contributed by atoms with Crippen LogP contribution in [0, 0.1) is 0 Å². The predicted octanol–water partition coefficient (Wildman–Crippen LogP) is 10.2. The highest BCUT2D eigenvalue weighted by molar-refractivity contribution is 7.25. The molecule has 0 spiro atoms. The Labute approximate surface area is 246 Å². The molecule has 42 heavy (non-hydrogen) atoms. The van der Waals surface area contributed by atoms with Crippen LogP contribution in [0.4, 0.5) is 17.3 Å². The number of hydrogen-bond acceptors (Lipinski definition) is 5. The molecule has 0 saturated heterocycles. The molecule has 196 valence electrons. The molecule has 4 nitrogen and oxygen atoms in total. The third kappa shape index (κ3) is 3.51. The first-order chi connectivity index (χ1) is 20.8. The van der Waals surface area contributed by atoms with Gasteiger partial charge in [-0.3, -0.25) is 4.90 Å². The number of rotatable bonds is 3. The Hall–Kier alpha value is -5.39. The van der Waals surface area contributed by atoms with Gasteiger partial charge in [-0.05, 0) is 35.2 Å². The van der Waals surface area contributed by atoms with Crippen molar-refractivity contribution in [1.82, 2.24) is 15.0 Å². The van der Waals surface area contributed by atoms with Crippen molar-refractivity contribution in [2.45, 2.75) is 0 Å². The molecule has 0 fully saturated rings. The molecule has 3 heterocycles. The summed E-state index contributed by atoms with van der Waals surface area (Å²) in [4.78, 5) is 17.5. The van der Waals surface area contributed by atoms with E-state index in [9.17, 15) is 0 Å². The largest absolute Gasteiger partial charge is 0.278 e. The first-order valence-electron chi connectivity index (χ1n) is 14.0. The lowest BCUT2D eigenvalue weighted by Crippen LogP contribution is -2.18. The lowest BCUT2D eigenvalue weighted by molar-refractivity contribution is 1.02. The summed E-state index contributed by atoms with van der Waals surface area (Å²) in [7, 11) is 0. The molecule has 0 unspecified atom stereocenters. The minimum Gasteiger partial charge on any atom is -0.278 e. The van der Waals surface area contributed by atoms with Crippen molar-refractivity contribution in [3.05, 3.63) is 133 Å². The Balaban J connectivity index is 1.38. The fourth-order valence-corrected chi connectivity index (χ4v) is 7.26. The zero-order valence-electron chi connectivity index (χ0n) is 22.4. The van der Waals surface area contributed by atoms with Crippen molar-refractivity contribution < 1.29 is 0 Å². The molecule has 0 atom stereocenters. The van der Waals surface area contributed by atoms with E-state index in [-0.39, 0.29) is 0 Å². The average Bonchev–Trinajstić information content (AvgIpc) is 3.42. The fourth-order valence-electron chi connectivity index (χ4n) is 6.14. The number of hydrogen-bond donors (Lipinski definition) is 0. The van der Waals surface area contributed by atoms with Crippen LogP contribution in [0.15, 0.2) is 133 Å². The Kier molecular flexibility index (Phi) is 5.03. The van der Waals surface area contributed by atoms with Gasteiger partial charge in [0.15, 0.2) is 11.6 Å². The molecule has 6 aromatic carbocycles. The zero-order chi connectivity index (χ0) is 27.6. The van der Waals surface area contributed by atoms with Crippen LogP contribution >= 0.6 is 11.3 Å². The van der Waals surface area contributed by atoms with Crippen molar-refractivity contribution in [3.8, 4) is 33.9 Å². The maximum absolute atomic E-state index is 5.14. The first-order valence-corrected chi connectivity index (χ1v) is 14.8. The van der Waals surface area contributed by atoms with E-state index in [4.69, 9.17) is 15.0 Å². The standard InChI is InChI=1S/C37H22N4S/c1-3-11-24(12-4-1)35-38-36(25-13-5-2-6-14-25)40-37(39-35)41-30-19-10-16-23-15-9-18-27(34(23)30)28-21-29-26-17-7-8-20-32(26)42-33(29)22-31(28)41/h1-22H. The van der Waals surface area contributed by atoms with E-state index in [2.05, 4.69) is 102 Å². The molecule has 5 heteroatoms. The monoisotopic (exact) mass is 554 g/mol. The van der Waals surface area contributed by atoms with E-state index in [1.54, 1.807) is 0 Å². The van der Waals surface area contributed by atoms with Crippen molar-refractivity contribution in [2.75, 3.05) is 4.90 Å². The van der Waals surface area contributed by atoms with Crippen LogP contribution in [0.3, 0.4) is 0 Å². The van der Waals surface area contributed by atoms with Crippen LogP contribution in [0.1, 0.15) is 0 Å². The minimum absolute atomic E-state index is 0.603. The van der Waals surface area contributed by atoms with Crippen LogP contribution in [-0.4, -0.2) is 15.0 Å². The Morgan fingerprint density at radius 1 is 0.476 bits per heavy atom. The van der Waals surface area contributed by atoms with Crippen molar-refractivity contribution >= 4 is 59.6 Å². The van der Waals surface area contributed by atoms with Gasteiger partial charge in [-0.2, -0.15) is 9.97 Å². The normalized spacial score (nSPS) is 12.2. The second kappa shape index (κ2) is 9.06. The highest BCUT2D eigenvalue weighted by atomic mass is 32.1. The van der Waals surface area contributed by atoms with Gasteiger partial charge in [0.1, 0.15) is 0 Å². The topological polar surface area (TPSA) is 41.9 Å². The second-order valence-electron chi connectivity index (χ2n) is 10.5. The summed E-state index contributed by atoms with van der Waals surface area (Å²) in [5.41, 5.74) is 6.46. The Morgan fingerprint density at radius 2 is 1.14 bits per heavy atom. The molecule has 0 amide bonds. The van der Waals surface area contributed by atoms with E-state index in [1.165, 1.54) is 42.1 Å². The number of nitrogens with zero attached hydrogens (tertiary/aromatic N) is 4. The van der Waals surface area contributed by atoms with Gasteiger partial charge >= 0.3 is 0 Å². The number of benzene rings is 6. The van der Waals surface area contributed by atoms with E-state index >= 15 is 0 Å². The molecule has 1 aliphatic rings. The van der Waals surface area contributed by atoms with Crippen LogP contribution in [0.2, 0.25) is 0 Å². The average molecular weight is 555 g/mol. The van der Waals surface area contributed by atoms with Crippen molar-refractivity contribution in [2.24, 2.45) is 0 Å². The van der Waals surface area contributed by atoms with E-state index in [0.717, 1.165) is 22.5 Å². The molecule has 9 rings (SSSR count). The first kappa shape index (κ1) is 23.3. The van der Waals surface area contributed by atoms with Crippen molar-refractivity contribution in [1.29, 1.82) is 0 Å². The van der Waals surface area contributed by atoms with Gasteiger partial charge in [-0.1, -0.05) is 109 Å². The number of anilines is 3. The smallest absolute Gasteiger partial charge is 0.238 e. The zero-order valence-corrected chi connectivity index (χ0v) is 23.2. The van der Waals surface area contributed by atoms with Crippen molar-refractivity contribution in [3.63, 3.8) is 0 Å². The van der Waals surface area contributed by atoms with Gasteiger partial charge in [0.05, 0.1) is 11.4 Å². The van der Waals surface area contributed by atoms with Gasteiger partial charge in [-0.25, -0.2) is 4.98 Å². The SMILES string of the molecule is c1ccc(-c2nc(-c3ccccc3)nc(N3c4cc5sc6ccccc6c5cc4-c4cccc5cccc3c45)n2)cc1. The molecule has 0 aliphatic carbocycles. The molecule has 0 saturated carbocycles. The van der Waals surface area contributed by atoms with E-state index in [0.29, 0.717) is 17.6 Å². The molecule has 0 bridgehead atoms. The van der Waals surface area contributed by atoms with Crippen LogP contribution in [0.5, 0.6) is 0 Å². The van der Waals surface area contributed by atoms with Gasteiger partial charge in [0.2, 0.25) is 5.95 Å². The van der Waals surface area contributed by atoms with Gasteiger partial charge in [0.25, 0.3) is 0 Å². The lowest BCUT2D eigenvalue weighted by atomic mass is 9.90. The fraction of sp³-hybridized carbons (Fsp3) is 0. The Bertz CT molecular complexity index is 2250. The number of thiophene rings is 1. The third-order valence-corrected chi connectivity index (χ3v) is 9.17. The van der Waals surface area contributed by atoms with Crippen LogP contribution < -0.4 is 4.90 Å². The van der Waals surface area contributed by atoms with E-state index < -0.39 is 0 Å². The molecular weight excluding hydrogens is 533 g/mol. The van der Waals surface area contributed by atoms with Gasteiger partial charge in [0, 0.05) is 42.2 Å². The molecule has 2 aromatic heterocycles. The minimum atomic E-state index is 0.603. The summed E-state index contributed by atoms with van der Waals surface area (Å²) in [6.45, 7) is 0. The molecule has 0 N–H and O–H groups in total. The second-order valence-corrected chi connectivity index (χ2v) is 11.6. The summed E-state index contributed by atoms with van der Waals surface area (Å²) in [5.74, 6) is 1.90. The number of fused-ring (bicyclic) bond motifs is 5. The third-order valence-electron chi connectivity index (χ3n) is 8.04. The van der Waals surface area contributed by atoms with Gasteiger partial charge < -0.3 is 0 Å². The summed E-state index contributed by atoms with van der Waals surface area (Å²) in [5, 5.41) is 4.96. The number of aromatic nitrogens is 3. The predicted molar refractivity (Wildman–Crippen MR) is 175 cm³/mol. The molecule has 0 radical (unpaired) electrons. The van der Waals surface area contributed by atoms with Crippen LogP contribution in [-0.2, 0) is 0 Å². The summed E-state index contributed by atoms with van der Waals surface area (Å²) in [6, 6.07) is 46.7. The molecular formula is C37H22N4S. The van der Waals surface area contributed by atoms with Gasteiger partial charge in [-0.15, -0.1) is 11.3 Å². The highest BCUT2D eigenvalue weighted by Crippen LogP contribution is 2.52. The molecule has 1 aliphatic heterocycles. The summed E-state index contributed by atoms with van der Waals surface area (Å²) >= 11 is 1.83. The highest BCUT2D eigenvalue weighted by Gasteiger charge is 2.29. The maximum Gasteiger partial charge on any atom is 0.238 e. The summed E-state index contributed by atoms with van der Waals surface area (Å²) in [6.07, 6.45) is 0. The molecule has 8 aromatic rings. The maximum atomic E-state index is 5.14. The summed E-state index contributed by atoms with van der Waals surface area (Å²) < 4.78 is 2.53. The lowest BCUT2D eigenvalue weighted by Gasteiger charge is -2.32.